The molecule has 0 spiro atoms. The number of esters is 1. The van der Waals surface area contributed by atoms with Crippen LogP contribution in [0.5, 0.6) is 0 Å². The van der Waals surface area contributed by atoms with Crippen molar-refractivity contribution in [3.05, 3.63) is 53.5 Å². The Labute approximate surface area is 144 Å². The number of ether oxygens (including phenoxy) is 1. The molecule has 0 unspecified atom stereocenters. The van der Waals surface area contributed by atoms with E-state index in [1.54, 1.807) is 37.4 Å². The molecular formula is C18H18N2O5. The summed E-state index contributed by atoms with van der Waals surface area (Å²) in [5.41, 5.74) is 1.95. The SMILES string of the molecule is CN(Cc1ccco1)C(=O)COC(=O)c1ccc2c(c1)CCC(=O)N2. The molecule has 0 radical (unpaired) electrons. The number of hydrogen-bond acceptors (Lipinski definition) is 5. The van der Waals surface area contributed by atoms with Gasteiger partial charge in [0.2, 0.25) is 5.91 Å². The summed E-state index contributed by atoms with van der Waals surface area (Å²) < 4.78 is 10.3. The van der Waals surface area contributed by atoms with Gasteiger partial charge in [0.1, 0.15) is 5.76 Å². The molecule has 1 N–H and O–H groups in total. The predicted octanol–water partition coefficient (Wildman–Crippen LogP) is 1.98. The van der Waals surface area contributed by atoms with Gasteiger partial charge in [0.05, 0.1) is 18.4 Å². The summed E-state index contributed by atoms with van der Waals surface area (Å²) in [7, 11) is 1.61. The first kappa shape index (κ1) is 16.8. The van der Waals surface area contributed by atoms with Gasteiger partial charge in [-0.15, -0.1) is 0 Å². The summed E-state index contributed by atoms with van der Waals surface area (Å²) in [6.07, 6.45) is 2.50. The van der Waals surface area contributed by atoms with Gasteiger partial charge in [0, 0.05) is 19.2 Å². The number of anilines is 1. The molecule has 1 aromatic heterocycles. The zero-order chi connectivity index (χ0) is 17.8. The van der Waals surface area contributed by atoms with E-state index in [2.05, 4.69) is 5.32 Å². The lowest BCUT2D eigenvalue weighted by molar-refractivity contribution is -0.134. The van der Waals surface area contributed by atoms with E-state index in [0.29, 0.717) is 36.4 Å². The summed E-state index contributed by atoms with van der Waals surface area (Å²) in [4.78, 5) is 36.9. The minimum atomic E-state index is -0.570. The number of carbonyl (C=O) groups excluding carboxylic acids is 3. The third-order valence-corrected chi connectivity index (χ3v) is 3.96. The van der Waals surface area contributed by atoms with Crippen LogP contribution in [0.1, 0.15) is 28.1 Å². The number of aryl methyl sites for hydroxylation is 1. The second-order valence-electron chi connectivity index (χ2n) is 5.83. The predicted molar refractivity (Wildman–Crippen MR) is 88.9 cm³/mol. The lowest BCUT2D eigenvalue weighted by Gasteiger charge is -2.18. The number of fused-ring (bicyclic) bond motifs is 1. The zero-order valence-electron chi connectivity index (χ0n) is 13.8. The van der Waals surface area contributed by atoms with Crippen molar-refractivity contribution in [3.8, 4) is 0 Å². The van der Waals surface area contributed by atoms with Crippen molar-refractivity contribution < 1.29 is 23.5 Å². The number of furan rings is 1. The minimum absolute atomic E-state index is 0.0342. The average Bonchev–Trinajstić information content (AvgIpc) is 3.11. The van der Waals surface area contributed by atoms with E-state index in [1.165, 1.54) is 11.2 Å². The maximum atomic E-state index is 12.1. The molecule has 1 aromatic carbocycles. The lowest BCUT2D eigenvalue weighted by Crippen LogP contribution is -2.30. The van der Waals surface area contributed by atoms with Crippen LogP contribution in [-0.4, -0.2) is 36.3 Å². The maximum Gasteiger partial charge on any atom is 0.338 e. The summed E-state index contributed by atoms with van der Waals surface area (Å²) in [6, 6.07) is 8.44. The second-order valence-corrected chi connectivity index (χ2v) is 5.83. The third kappa shape index (κ3) is 4.06. The quantitative estimate of drug-likeness (QED) is 0.839. The first-order chi connectivity index (χ1) is 12.0. The number of hydrogen-bond donors (Lipinski definition) is 1. The molecule has 2 amide bonds. The first-order valence-electron chi connectivity index (χ1n) is 7.89. The molecule has 0 saturated heterocycles. The third-order valence-electron chi connectivity index (χ3n) is 3.96. The highest BCUT2D eigenvalue weighted by atomic mass is 16.5. The van der Waals surface area contributed by atoms with E-state index in [9.17, 15) is 14.4 Å². The number of nitrogens with one attached hydrogen (secondary N) is 1. The molecule has 0 atom stereocenters. The Kier molecular flexibility index (Phi) is 4.83. The Morgan fingerprint density at radius 2 is 2.12 bits per heavy atom. The molecule has 0 aliphatic carbocycles. The molecular weight excluding hydrogens is 324 g/mol. The molecule has 0 saturated carbocycles. The molecule has 7 nitrogen and oxygen atoms in total. The summed E-state index contributed by atoms with van der Waals surface area (Å²) in [5, 5.41) is 2.75. The molecule has 25 heavy (non-hydrogen) atoms. The van der Waals surface area contributed by atoms with Crippen LogP contribution in [0.4, 0.5) is 5.69 Å². The van der Waals surface area contributed by atoms with E-state index in [1.807, 2.05) is 0 Å². The fourth-order valence-electron chi connectivity index (χ4n) is 2.56. The highest BCUT2D eigenvalue weighted by Crippen LogP contribution is 2.23. The van der Waals surface area contributed by atoms with Crippen molar-refractivity contribution in [3.63, 3.8) is 0 Å². The smallest absolute Gasteiger partial charge is 0.338 e. The number of benzene rings is 1. The van der Waals surface area contributed by atoms with Crippen molar-refractivity contribution in [2.24, 2.45) is 0 Å². The van der Waals surface area contributed by atoms with Crippen LogP contribution < -0.4 is 5.32 Å². The largest absolute Gasteiger partial charge is 0.467 e. The van der Waals surface area contributed by atoms with Gasteiger partial charge in [-0.2, -0.15) is 0 Å². The zero-order valence-corrected chi connectivity index (χ0v) is 13.8. The lowest BCUT2D eigenvalue weighted by atomic mass is 10.0. The van der Waals surface area contributed by atoms with Crippen molar-refractivity contribution in [2.75, 3.05) is 19.0 Å². The monoisotopic (exact) mass is 342 g/mol. The van der Waals surface area contributed by atoms with Crippen LogP contribution in [0.15, 0.2) is 41.0 Å². The van der Waals surface area contributed by atoms with Crippen LogP contribution in [0.25, 0.3) is 0 Å². The van der Waals surface area contributed by atoms with Crippen molar-refractivity contribution in [1.29, 1.82) is 0 Å². The Hall–Kier alpha value is -3.09. The summed E-state index contributed by atoms with van der Waals surface area (Å²) in [5.74, 6) is -0.277. The molecule has 2 heterocycles. The molecule has 0 bridgehead atoms. The van der Waals surface area contributed by atoms with Crippen LogP contribution >= 0.6 is 0 Å². The average molecular weight is 342 g/mol. The van der Waals surface area contributed by atoms with E-state index in [-0.39, 0.29) is 18.4 Å². The molecule has 1 aliphatic rings. The Morgan fingerprint density at radius 1 is 1.28 bits per heavy atom. The van der Waals surface area contributed by atoms with Gasteiger partial charge in [0.25, 0.3) is 5.91 Å². The molecule has 1 aliphatic heterocycles. The number of nitrogens with zero attached hydrogens (tertiary/aromatic N) is 1. The Bertz CT molecular complexity index is 798. The van der Waals surface area contributed by atoms with E-state index < -0.39 is 5.97 Å². The fraction of sp³-hybridized carbons (Fsp3) is 0.278. The minimum Gasteiger partial charge on any atom is -0.467 e. The van der Waals surface area contributed by atoms with Gasteiger partial charge in [-0.3, -0.25) is 9.59 Å². The second kappa shape index (κ2) is 7.21. The van der Waals surface area contributed by atoms with E-state index in [4.69, 9.17) is 9.15 Å². The molecule has 130 valence electrons. The Morgan fingerprint density at radius 3 is 2.88 bits per heavy atom. The van der Waals surface area contributed by atoms with E-state index in [0.717, 1.165) is 5.56 Å². The summed E-state index contributed by atoms with van der Waals surface area (Å²) in [6.45, 7) is -0.0359. The molecule has 7 heteroatoms. The van der Waals surface area contributed by atoms with Crippen LogP contribution in [-0.2, 0) is 27.3 Å². The van der Waals surface area contributed by atoms with Crippen molar-refractivity contribution in [2.45, 2.75) is 19.4 Å². The number of amides is 2. The Balaban J connectivity index is 1.55. The first-order valence-corrected chi connectivity index (χ1v) is 7.89. The van der Waals surface area contributed by atoms with Gasteiger partial charge in [-0.25, -0.2) is 4.79 Å². The van der Waals surface area contributed by atoms with Crippen LogP contribution in [0.3, 0.4) is 0 Å². The molecule has 3 rings (SSSR count). The highest BCUT2D eigenvalue weighted by Gasteiger charge is 2.18. The van der Waals surface area contributed by atoms with Gasteiger partial charge in [0.15, 0.2) is 6.61 Å². The van der Waals surface area contributed by atoms with Crippen LogP contribution in [0, 0.1) is 0 Å². The normalized spacial score (nSPS) is 12.9. The maximum absolute atomic E-state index is 12.1. The summed E-state index contributed by atoms with van der Waals surface area (Å²) >= 11 is 0. The van der Waals surface area contributed by atoms with Gasteiger partial charge in [-0.1, -0.05) is 0 Å². The molecule has 2 aromatic rings. The van der Waals surface area contributed by atoms with Gasteiger partial charge in [-0.05, 0) is 42.3 Å². The topological polar surface area (TPSA) is 88.9 Å². The standard InChI is InChI=1S/C18H18N2O5/c1-20(10-14-3-2-8-24-14)17(22)11-25-18(23)13-4-6-15-12(9-13)5-7-16(21)19-15/h2-4,6,8-9H,5,7,10-11H2,1H3,(H,19,21). The van der Waals surface area contributed by atoms with Crippen molar-refractivity contribution in [1.82, 2.24) is 4.90 Å². The number of carbonyl (C=O) groups is 3. The van der Waals surface area contributed by atoms with Gasteiger partial charge >= 0.3 is 5.97 Å². The van der Waals surface area contributed by atoms with E-state index >= 15 is 0 Å². The highest BCUT2D eigenvalue weighted by molar-refractivity contribution is 5.96. The number of likely N-dealkylation sites (N-methyl/N-ethyl adjacent to an activating group) is 1. The molecule has 0 fully saturated rings. The van der Waals surface area contributed by atoms with Crippen LogP contribution in [0.2, 0.25) is 0 Å². The number of rotatable bonds is 5. The fourth-order valence-corrected chi connectivity index (χ4v) is 2.56. The van der Waals surface area contributed by atoms with Gasteiger partial charge < -0.3 is 19.4 Å². The van der Waals surface area contributed by atoms with Crippen molar-refractivity contribution >= 4 is 23.5 Å².